The molecule has 0 heterocycles. The van der Waals surface area contributed by atoms with Gasteiger partial charge in [0.15, 0.2) is 0 Å². The van der Waals surface area contributed by atoms with Crippen molar-refractivity contribution in [3.05, 3.63) is 65.2 Å². The number of amides is 1. The van der Waals surface area contributed by atoms with Crippen LogP contribution >= 0.6 is 0 Å². The summed E-state index contributed by atoms with van der Waals surface area (Å²) in [7, 11) is -1.24. The first-order valence-electron chi connectivity index (χ1n) is 8.30. The minimum atomic E-state index is -3.80. The van der Waals surface area contributed by atoms with Gasteiger partial charge in [-0.3, -0.25) is 9.63 Å². The maximum atomic E-state index is 12.6. The Morgan fingerprint density at radius 2 is 1.85 bits per heavy atom. The molecule has 0 spiro atoms. The van der Waals surface area contributed by atoms with E-state index in [1.165, 1.54) is 32.4 Å². The van der Waals surface area contributed by atoms with Crippen molar-refractivity contribution in [3.8, 4) is 0 Å². The van der Waals surface area contributed by atoms with Gasteiger partial charge in [0.1, 0.15) is 0 Å². The number of aryl methyl sites for hydroxylation is 1. The zero-order valence-corrected chi connectivity index (χ0v) is 16.2. The highest BCUT2D eigenvalue weighted by Crippen LogP contribution is 2.20. The van der Waals surface area contributed by atoms with Crippen molar-refractivity contribution >= 4 is 15.9 Å². The van der Waals surface area contributed by atoms with Crippen LogP contribution < -0.4 is 5.32 Å². The molecule has 2 aromatic rings. The topological polar surface area (TPSA) is 75.7 Å². The minimum Gasteiger partial charge on any atom is -0.345 e. The first kappa shape index (κ1) is 20.1. The van der Waals surface area contributed by atoms with Crippen LogP contribution in [0, 0.1) is 6.92 Å². The van der Waals surface area contributed by atoms with Crippen LogP contribution in [-0.4, -0.2) is 33.0 Å². The molecule has 1 amide bonds. The maximum absolute atomic E-state index is 12.6. The number of hydroxylamine groups is 1. The summed E-state index contributed by atoms with van der Waals surface area (Å²) in [6.07, 6.45) is 0.721. The predicted octanol–water partition coefficient (Wildman–Crippen LogP) is 3.06. The summed E-state index contributed by atoms with van der Waals surface area (Å²) in [4.78, 5) is 17.4. The van der Waals surface area contributed by atoms with Gasteiger partial charge in [-0.2, -0.15) is 0 Å². The minimum absolute atomic E-state index is 0.00196. The highest BCUT2D eigenvalue weighted by atomic mass is 32.2. The molecule has 0 saturated heterocycles. The van der Waals surface area contributed by atoms with Gasteiger partial charge in [-0.1, -0.05) is 47.3 Å². The molecule has 1 atom stereocenters. The van der Waals surface area contributed by atoms with E-state index in [1.807, 2.05) is 38.1 Å². The molecule has 0 saturated carbocycles. The monoisotopic (exact) mass is 376 g/mol. The average molecular weight is 376 g/mol. The Morgan fingerprint density at radius 1 is 1.19 bits per heavy atom. The van der Waals surface area contributed by atoms with Crippen LogP contribution in [0.15, 0.2) is 53.4 Å². The number of carbonyl (C=O) groups is 1. The summed E-state index contributed by atoms with van der Waals surface area (Å²) in [5.41, 5.74) is 2.44. The summed E-state index contributed by atoms with van der Waals surface area (Å²) in [6.45, 7) is 3.99. The number of carbonyl (C=O) groups excluding carboxylic acids is 1. The summed E-state index contributed by atoms with van der Waals surface area (Å²) >= 11 is 0. The second kappa shape index (κ2) is 8.44. The van der Waals surface area contributed by atoms with Crippen LogP contribution in [0.1, 0.15) is 40.9 Å². The Hall–Kier alpha value is -2.22. The van der Waals surface area contributed by atoms with E-state index in [9.17, 15) is 13.2 Å². The standard InChI is InChI=1S/C19H24N2O4S/c1-5-18(15-11-9-14(2)10-12-15)20-19(22)16-7-6-8-17(13-16)26(23,24)21(3)25-4/h6-13,18H,5H2,1-4H3,(H,20,22)/t18-/m1/s1. The number of benzene rings is 2. The molecule has 2 aromatic carbocycles. The van der Waals surface area contributed by atoms with E-state index in [1.54, 1.807) is 6.07 Å². The first-order chi connectivity index (χ1) is 12.3. The third-order valence-electron chi connectivity index (χ3n) is 4.18. The van der Waals surface area contributed by atoms with Crippen LogP contribution in [0.5, 0.6) is 0 Å². The third-order valence-corrected chi connectivity index (χ3v) is 5.86. The lowest BCUT2D eigenvalue weighted by atomic mass is 10.0. The predicted molar refractivity (Wildman–Crippen MR) is 100 cm³/mol. The summed E-state index contributed by atoms with van der Waals surface area (Å²) in [6, 6.07) is 13.7. The van der Waals surface area contributed by atoms with E-state index in [0.29, 0.717) is 0 Å². The molecule has 0 bridgehead atoms. The quantitative estimate of drug-likeness (QED) is 0.754. The number of nitrogens with one attached hydrogen (secondary N) is 1. The van der Waals surface area contributed by atoms with Gasteiger partial charge in [-0.05, 0) is 37.1 Å². The van der Waals surface area contributed by atoms with Crippen molar-refractivity contribution in [1.82, 2.24) is 9.79 Å². The van der Waals surface area contributed by atoms with E-state index in [0.717, 1.165) is 22.0 Å². The van der Waals surface area contributed by atoms with Gasteiger partial charge in [0.2, 0.25) is 0 Å². The molecule has 0 aliphatic rings. The molecule has 0 aliphatic carbocycles. The molecule has 0 unspecified atom stereocenters. The Labute approximate surface area is 154 Å². The molecule has 0 aliphatic heterocycles. The van der Waals surface area contributed by atoms with Gasteiger partial charge in [-0.15, -0.1) is 0 Å². The smallest absolute Gasteiger partial charge is 0.264 e. The van der Waals surface area contributed by atoms with E-state index in [2.05, 4.69) is 5.32 Å². The van der Waals surface area contributed by atoms with Crippen LogP contribution in [0.25, 0.3) is 0 Å². The highest BCUT2D eigenvalue weighted by Gasteiger charge is 2.22. The van der Waals surface area contributed by atoms with E-state index in [-0.39, 0.29) is 22.4 Å². The van der Waals surface area contributed by atoms with Crippen molar-refractivity contribution in [2.24, 2.45) is 0 Å². The van der Waals surface area contributed by atoms with Gasteiger partial charge in [0, 0.05) is 12.6 Å². The van der Waals surface area contributed by atoms with E-state index < -0.39 is 10.0 Å². The number of sulfonamides is 1. The van der Waals surface area contributed by atoms with Gasteiger partial charge in [0.05, 0.1) is 18.0 Å². The van der Waals surface area contributed by atoms with Crippen molar-refractivity contribution in [2.75, 3.05) is 14.2 Å². The molecule has 2 rings (SSSR count). The molecule has 140 valence electrons. The fourth-order valence-electron chi connectivity index (χ4n) is 2.51. The Bertz CT molecular complexity index is 863. The van der Waals surface area contributed by atoms with Crippen molar-refractivity contribution < 1.29 is 18.0 Å². The lowest BCUT2D eigenvalue weighted by Gasteiger charge is -2.18. The molecule has 26 heavy (non-hydrogen) atoms. The Morgan fingerprint density at radius 3 is 2.42 bits per heavy atom. The average Bonchev–Trinajstić information content (AvgIpc) is 2.66. The van der Waals surface area contributed by atoms with E-state index >= 15 is 0 Å². The van der Waals surface area contributed by atoms with Crippen molar-refractivity contribution in [3.63, 3.8) is 0 Å². The van der Waals surface area contributed by atoms with Crippen molar-refractivity contribution in [1.29, 1.82) is 0 Å². The van der Waals surface area contributed by atoms with E-state index in [4.69, 9.17) is 4.84 Å². The molecule has 7 heteroatoms. The maximum Gasteiger partial charge on any atom is 0.264 e. The lowest BCUT2D eigenvalue weighted by molar-refractivity contribution is -0.0258. The number of rotatable bonds is 7. The van der Waals surface area contributed by atoms with Crippen LogP contribution in [0.3, 0.4) is 0 Å². The second-order valence-electron chi connectivity index (χ2n) is 5.97. The largest absolute Gasteiger partial charge is 0.345 e. The van der Waals surface area contributed by atoms with Crippen LogP contribution in [0.2, 0.25) is 0 Å². The number of hydrogen-bond acceptors (Lipinski definition) is 4. The molecule has 6 nitrogen and oxygen atoms in total. The zero-order valence-electron chi connectivity index (χ0n) is 15.4. The van der Waals surface area contributed by atoms with Crippen LogP contribution in [0.4, 0.5) is 0 Å². The number of hydrogen-bond donors (Lipinski definition) is 1. The summed E-state index contributed by atoms with van der Waals surface area (Å²) in [5, 5.41) is 2.96. The Balaban J connectivity index is 2.24. The fourth-order valence-corrected chi connectivity index (χ4v) is 3.53. The fraction of sp³-hybridized carbons (Fsp3) is 0.316. The van der Waals surface area contributed by atoms with Gasteiger partial charge >= 0.3 is 0 Å². The summed E-state index contributed by atoms with van der Waals surface area (Å²) < 4.78 is 25.4. The second-order valence-corrected chi connectivity index (χ2v) is 7.91. The molecular weight excluding hydrogens is 352 g/mol. The molecule has 1 N–H and O–H groups in total. The van der Waals surface area contributed by atoms with Gasteiger partial charge in [-0.25, -0.2) is 8.42 Å². The Kier molecular flexibility index (Phi) is 6.52. The molecule has 0 radical (unpaired) electrons. The van der Waals surface area contributed by atoms with Gasteiger partial charge in [0.25, 0.3) is 15.9 Å². The highest BCUT2D eigenvalue weighted by molar-refractivity contribution is 7.89. The first-order valence-corrected chi connectivity index (χ1v) is 9.74. The lowest BCUT2D eigenvalue weighted by Crippen LogP contribution is -2.29. The normalized spacial score (nSPS) is 12.8. The molecule has 0 aromatic heterocycles. The molecular formula is C19H24N2O4S. The third kappa shape index (κ3) is 4.49. The number of nitrogens with zero attached hydrogens (tertiary/aromatic N) is 1. The van der Waals surface area contributed by atoms with Crippen molar-refractivity contribution in [2.45, 2.75) is 31.2 Å². The van der Waals surface area contributed by atoms with Gasteiger partial charge < -0.3 is 5.32 Å². The zero-order chi connectivity index (χ0) is 19.3. The summed E-state index contributed by atoms with van der Waals surface area (Å²) in [5.74, 6) is -0.324. The molecule has 0 fully saturated rings. The van der Waals surface area contributed by atoms with Crippen LogP contribution in [-0.2, 0) is 14.9 Å². The SMILES string of the molecule is CC[C@@H](NC(=O)c1cccc(S(=O)(=O)N(C)OC)c1)c1ccc(C)cc1.